The summed E-state index contributed by atoms with van der Waals surface area (Å²) in [5.41, 5.74) is 2.30. The lowest BCUT2D eigenvalue weighted by molar-refractivity contribution is -0.114. The second kappa shape index (κ2) is 8.02. The summed E-state index contributed by atoms with van der Waals surface area (Å²) in [6, 6.07) is 20.5. The average molecular weight is 397 g/mol. The van der Waals surface area contributed by atoms with Gasteiger partial charge in [-0.25, -0.2) is 8.42 Å². The van der Waals surface area contributed by atoms with Crippen LogP contribution in [0.2, 0.25) is 0 Å². The highest BCUT2D eigenvalue weighted by atomic mass is 32.2. The number of hydrogen-bond donors (Lipinski definition) is 1. The molecule has 0 unspecified atom stereocenters. The molecule has 0 fully saturated rings. The van der Waals surface area contributed by atoms with Crippen molar-refractivity contribution >= 4 is 38.1 Å². The van der Waals surface area contributed by atoms with E-state index in [4.69, 9.17) is 0 Å². The zero-order chi connectivity index (χ0) is 20.3. The Hall–Kier alpha value is -2.86. The Kier molecular flexibility index (Phi) is 5.70. The summed E-state index contributed by atoms with van der Waals surface area (Å²) in [6.45, 7) is 3.91. The summed E-state index contributed by atoms with van der Waals surface area (Å²) in [7, 11) is -3.64. The van der Waals surface area contributed by atoms with Crippen molar-refractivity contribution in [2.45, 2.75) is 19.8 Å². The highest BCUT2D eigenvalue weighted by Crippen LogP contribution is 2.28. The minimum atomic E-state index is -3.64. The molecular weight excluding hydrogens is 372 g/mol. The van der Waals surface area contributed by atoms with Crippen molar-refractivity contribution in [1.82, 2.24) is 0 Å². The van der Waals surface area contributed by atoms with Crippen molar-refractivity contribution in [1.29, 1.82) is 0 Å². The van der Waals surface area contributed by atoms with Crippen LogP contribution < -0.4 is 9.62 Å². The van der Waals surface area contributed by atoms with Crippen LogP contribution in [-0.4, -0.2) is 27.1 Å². The number of fused-ring (bicyclic) bond motifs is 1. The number of benzene rings is 3. The van der Waals surface area contributed by atoms with Crippen LogP contribution in [0.4, 0.5) is 11.4 Å². The Morgan fingerprint density at radius 2 is 1.61 bits per heavy atom. The van der Waals surface area contributed by atoms with E-state index in [1.54, 1.807) is 12.1 Å². The van der Waals surface area contributed by atoms with E-state index < -0.39 is 15.9 Å². The van der Waals surface area contributed by atoms with Crippen molar-refractivity contribution in [2.75, 3.05) is 22.4 Å². The van der Waals surface area contributed by atoms with E-state index in [0.717, 1.165) is 21.3 Å². The van der Waals surface area contributed by atoms with Crippen molar-refractivity contribution in [3.05, 3.63) is 72.3 Å². The molecule has 0 saturated heterocycles. The topological polar surface area (TPSA) is 66.5 Å². The van der Waals surface area contributed by atoms with Gasteiger partial charge in [-0.05, 0) is 35.1 Å². The number of hydrogen-bond acceptors (Lipinski definition) is 3. The van der Waals surface area contributed by atoms with Crippen molar-refractivity contribution in [2.24, 2.45) is 0 Å². The van der Waals surface area contributed by atoms with Crippen LogP contribution in [0.3, 0.4) is 0 Å². The number of carbonyl (C=O) groups excluding carboxylic acids is 1. The van der Waals surface area contributed by atoms with Gasteiger partial charge < -0.3 is 5.32 Å². The van der Waals surface area contributed by atoms with Gasteiger partial charge >= 0.3 is 0 Å². The Bertz CT molecular complexity index is 1080. The predicted octanol–water partition coefficient (Wildman–Crippen LogP) is 4.37. The Balaban J connectivity index is 1.86. The number of nitrogens with one attached hydrogen (secondary N) is 1. The molecule has 1 amide bonds. The molecule has 0 saturated carbocycles. The average Bonchev–Trinajstić information content (AvgIpc) is 2.65. The molecule has 0 aromatic heterocycles. The summed E-state index contributed by atoms with van der Waals surface area (Å²) >= 11 is 0. The van der Waals surface area contributed by atoms with Gasteiger partial charge in [0.05, 0.1) is 11.9 Å². The minimum absolute atomic E-state index is 0.293. The molecule has 3 rings (SSSR count). The van der Waals surface area contributed by atoms with E-state index in [1.165, 1.54) is 5.56 Å². The van der Waals surface area contributed by atoms with E-state index in [0.29, 0.717) is 17.3 Å². The van der Waals surface area contributed by atoms with Crippen LogP contribution in [-0.2, 0) is 14.8 Å². The molecule has 6 heteroatoms. The van der Waals surface area contributed by atoms with Crippen molar-refractivity contribution in [3.8, 4) is 0 Å². The number of sulfonamides is 1. The van der Waals surface area contributed by atoms with Crippen LogP contribution in [0.25, 0.3) is 10.8 Å². The highest BCUT2D eigenvalue weighted by molar-refractivity contribution is 7.92. The summed E-state index contributed by atoms with van der Waals surface area (Å²) in [4.78, 5) is 12.6. The zero-order valence-electron chi connectivity index (χ0n) is 16.2. The number of rotatable bonds is 6. The van der Waals surface area contributed by atoms with Gasteiger partial charge in [0.2, 0.25) is 15.9 Å². The summed E-state index contributed by atoms with van der Waals surface area (Å²) in [5.74, 6) is 0.00694. The normalized spacial score (nSPS) is 11.6. The number of carbonyl (C=O) groups is 1. The first-order valence-electron chi connectivity index (χ1n) is 9.11. The van der Waals surface area contributed by atoms with Gasteiger partial charge in [0.25, 0.3) is 0 Å². The lowest BCUT2D eigenvalue weighted by atomic mass is 10.0. The monoisotopic (exact) mass is 396 g/mol. The van der Waals surface area contributed by atoms with Crippen LogP contribution >= 0.6 is 0 Å². The van der Waals surface area contributed by atoms with E-state index in [-0.39, 0.29) is 6.54 Å². The highest BCUT2D eigenvalue weighted by Gasteiger charge is 2.22. The molecule has 3 aromatic carbocycles. The smallest absolute Gasteiger partial charge is 0.245 e. The molecule has 0 aliphatic carbocycles. The Morgan fingerprint density at radius 3 is 2.25 bits per heavy atom. The van der Waals surface area contributed by atoms with Gasteiger partial charge in [-0.1, -0.05) is 62.4 Å². The molecule has 0 aliphatic rings. The quantitative estimate of drug-likeness (QED) is 0.673. The Morgan fingerprint density at radius 1 is 0.964 bits per heavy atom. The lowest BCUT2D eigenvalue weighted by Crippen LogP contribution is -2.37. The first kappa shape index (κ1) is 19.9. The maximum absolute atomic E-state index is 12.6. The zero-order valence-corrected chi connectivity index (χ0v) is 17.0. The summed E-state index contributed by atoms with van der Waals surface area (Å²) in [5, 5.41) is 4.48. The van der Waals surface area contributed by atoms with Gasteiger partial charge in [0.15, 0.2) is 0 Å². The van der Waals surface area contributed by atoms with Crippen LogP contribution in [0.15, 0.2) is 66.7 Å². The third-order valence-electron chi connectivity index (χ3n) is 4.58. The largest absolute Gasteiger partial charge is 0.325 e. The number of nitrogens with zero attached hydrogens (tertiary/aromatic N) is 1. The molecule has 3 aromatic rings. The first-order chi connectivity index (χ1) is 13.3. The van der Waals surface area contributed by atoms with Gasteiger partial charge in [0.1, 0.15) is 6.54 Å². The van der Waals surface area contributed by atoms with Gasteiger partial charge in [0, 0.05) is 11.1 Å². The molecule has 1 N–H and O–H groups in total. The number of anilines is 2. The standard InChI is InChI=1S/C22H24N2O3S/c1-16(2)17-11-13-19(14-12-17)23-22(25)15-24(28(3,26)27)21-10-6-8-18-7-4-5-9-20(18)21/h4-14,16H,15H2,1-3H3,(H,23,25). The predicted molar refractivity (Wildman–Crippen MR) is 115 cm³/mol. The van der Waals surface area contributed by atoms with Gasteiger partial charge in [-0.15, -0.1) is 0 Å². The Labute approximate surface area is 166 Å². The fourth-order valence-electron chi connectivity index (χ4n) is 3.09. The third-order valence-corrected chi connectivity index (χ3v) is 5.71. The van der Waals surface area contributed by atoms with Gasteiger partial charge in [-0.3, -0.25) is 9.10 Å². The minimum Gasteiger partial charge on any atom is -0.325 e. The molecule has 0 heterocycles. The molecule has 0 spiro atoms. The first-order valence-corrected chi connectivity index (χ1v) is 11.0. The molecule has 0 radical (unpaired) electrons. The molecular formula is C22H24N2O3S. The van der Waals surface area contributed by atoms with E-state index in [9.17, 15) is 13.2 Å². The third kappa shape index (κ3) is 4.51. The maximum atomic E-state index is 12.6. The van der Waals surface area contributed by atoms with Crippen molar-refractivity contribution < 1.29 is 13.2 Å². The fourth-order valence-corrected chi connectivity index (χ4v) is 3.96. The molecule has 0 bridgehead atoms. The summed E-state index contributed by atoms with van der Waals surface area (Å²) < 4.78 is 26.0. The SMILES string of the molecule is CC(C)c1ccc(NC(=O)CN(c2cccc3ccccc23)S(C)(=O)=O)cc1. The molecule has 28 heavy (non-hydrogen) atoms. The van der Waals surface area contributed by atoms with Crippen molar-refractivity contribution in [3.63, 3.8) is 0 Å². The molecule has 146 valence electrons. The van der Waals surface area contributed by atoms with E-state index in [1.807, 2.05) is 54.6 Å². The van der Waals surface area contributed by atoms with Gasteiger partial charge in [-0.2, -0.15) is 0 Å². The molecule has 0 aliphatic heterocycles. The molecule has 0 atom stereocenters. The summed E-state index contributed by atoms with van der Waals surface area (Å²) in [6.07, 6.45) is 1.11. The van der Waals surface area contributed by atoms with Crippen LogP contribution in [0.5, 0.6) is 0 Å². The second-order valence-corrected chi connectivity index (χ2v) is 9.00. The van der Waals surface area contributed by atoms with Crippen LogP contribution in [0, 0.1) is 0 Å². The maximum Gasteiger partial charge on any atom is 0.245 e. The number of amides is 1. The lowest BCUT2D eigenvalue weighted by Gasteiger charge is -2.23. The molecule has 5 nitrogen and oxygen atoms in total. The fraction of sp³-hybridized carbons (Fsp3) is 0.227. The van der Waals surface area contributed by atoms with E-state index in [2.05, 4.69) is 19.2 Å². The second-order valence-electron chi connectivity index (χ2n) is 7.09. The van der Waals surface area contributed by atoms with Crippen LogP contribution in [0.1, 0.15) is 25.3 Å². The van der Waals surface area contributed by atoms with E-state index >= 15 is 0 Å².